The van der Waals surface area contributed by atoms with Gasteiger partial charge in [0.25, 0.3) is 0 Å². The van der Waals surface area contributed by atoms with Gasteiger partial charge in [-0.1, -0.05) is 24.4 Å². The summed E-state index contributed by atoms with van der Waals surface area (Å²) in [5, 5.41) is 0.652. The number of nitrogens with zero attached hydrogens (tertiary/aromatic N) is 2. The number of hydrogen-bond acceptors (Lipinski definition) is 2. The van der Waals surface area contributed by atoms with Crippen molar-refractivity contribution in [3.8, 4) is 0 Å². The Balaban J connectivity index is 2.29. The van der Waals surface area contributed by atoms with Crippen molar-refractivity contribution in [1.29, 1.82) is 0 Å². The molecular weight excluding hydrogens is 184 g/mol. The summed E-state index contributed by atoms with van der Waals surface area (Å²) in [4.78, 5) is 8.36. The molecular formula is C10H13ClN2. The molecule has 0 saturated heterocycles. The Labute approximate surface area is 83.4 Å². The van der Waals surface area contributed by atoms with Crippen LogP contribution in [0.3, 0.4) is 0 Å². The van der Waals surface area contributed by atoms with Crippen LogP contribution in [0.25, 0.3) is 0 Å². The van der Waals surface area contributed by atoms with Gasteiger partial charge in [0.1, 0.15) is 11.0 Å². The molecule has 0 aromatic carbocycles. The molecule has 1 aliphatic rings. The second-order valence-electron chi connectivity index (χ2n) is 3.64. The van der Waals surface area contributed by atoms with E-state index in [1.807, 2.05) is 13.1 Å². The molecule has 1 fully saturated rings. The normalized spacial score (nSPS) is 18.0. The molecule has 13 heavy (non-hydrogen) atoms. The number of hydrogen-bond donors (Lipinski definition) is 0. The summed E-state index contributed by atoms with van der Waals surface area (Å²) in [6, 6.07) is 0. The predicted octanol–water partition coefficient (Wildman–Crippen LogP) is 3.10. The topological polar surface area (TPSA) is 25.8 Å². The van der Waals surface area contributed by atoms with Crippen LogP contribution in [0, 0.1) is 6.92 Å². The first-order valence-electron chi connectivity index (χ1n) is 4.76. The van der Waals surface area contributed by atoms with Crippen LogP contribution in [-0.2, 0) is 0 Å². The molecule has 3 heteroatoms. The highest BCUT2D eigenvalue weighted by molar-refractivity contribution is 6.30. The Hall–Kier alpha value is -0.630. The molecule has 0 unspecified atom stereocenters. The van der Waals surface area contributed by atoms with E-state index in [1.54, 1.807) is 0 Å². The van der Waals surface area contributed by atoms with Gasteiger partial charge in [0.05, 0.1) is 0 Å². The second kappa shape index (κ2) is 3.62. The van der Waals surface area contributed by atoms with Gasteiger partial charge in [-0.2, -0.15) is 0 Å². The van der Waals surface area contributed by atoms with Gasteiger partial charge in [-0.15, -0.1) is 0 Å². The van der Waals surface area contributed by atoms with Gasteiger partial charge in [0.2, 0.25) is 0 Å². The Kier molecular flexibility index (Phi) is 2.49. The molecule has 0 spiro atoms. The molecule has 0 aliphatic heterocycles. The lowest BCUT2D eigenvalue weighted by molar-refractivity contribution is 0.712. The maximum absolute atomic E-state index is 6.06. The van der Waals surface area contributed by atoms with Crippen molar-refractivity contribution in [3.63, 3.8) is 0 Å². The highest BCUT2D eigenvalue weighted by atomic mass is 35.5. The summed E-state index contributed by atoms with van der Waals surface area (Å²) in [5.41, 5.74) is 1.14. The summed E-state index contributed by atoms with van der Waals surface area (Å²) in [7, 11) is 0. The van der Waals surface area contributed by atoms with Crippen molar-refractivity contribution < 1.29 is 0 Å². The number of aryl methyl sites for hydroxylation is 1. The van der Waals surface area contributed by atoms with Gasteiger partial charge >= 0.3 is 0 Å². The molecule has 1 aromatic rings. The molecule has 0 amide bonds. The Bertz CT molecular complexity index is 306. The molecule has 2 rings (SSSR count). The Morgan fingerprint density at radius 2 is 2.08 bits per heavy atom. The van der Waals surface area contributed by atoms with E-state index in [0.29, 0.717) is 11.1 Å². The zero-order chi connectivity index (χ0) is 9.26. The predicted molar refractivity (Wildman–Crippen MR) is 53.0 cm³/mol. The van der Waals surface area contributed by atoms with E-state index in [9.17, 15) is 0 Å². The van der Waals surface area contributed by atoms with Crippen molar-refractivity contribution in [1.82, 2.24) is 9.97 Å². The fourth-order valence-corrected chi connectivity index (χ4v) is 2.29. The third-order valence-electron chi connectivity index (χ3n) is 2.68. The molecule has 1 aliphatic carbocycles. The smallest absolute Gasteiger partial charge is 0.136 e. The van der Waals surface area contributed by atoms with Gasteiger partial charge in [-0.05, 0) is 25.7 Å². The number of aromatic nitrogens is 2. The number of halogens is 1. The summed E-state index contributed by atoms with van der Waals surface area (Å²) in [6.07, 6.45) is 7.00. The van der Waals surface area contributed by atoms with Gasteiger partial charge < -0.3 is 0 Å². The van der Waals surface area contributed by atoms with Crippen molar-refractivity contribution in [2.45, 2.75) is 38.5 Å². The fourth-order valence-electron chi connectivity index (χ4n) is 1.96. The minimum atomic E-state index is 0.605. The van der Waals surface area contributed by atoms with Crippen molar-refractivity contribution in [2.24, 2.45) is 0 Å². The Morgan fingerprint density at radius 3 is 2.69 bits per heavy atom. The van der Waals surface area contributed by atoms with E-state index in [4.69, 9.17) is 11.6 Å². The van der Waals surface area contributed by atoms with Gasteiger partial charge in [0, 0.05) is 11.8 Å². The number of rotatable bonds is 1. The lowest BCUT2D eigenvalue weighted by Gasteiger charge is -2.09. The van der Waals surface area contributed by atoms with Crippen molar-refractivity contribution in [2.75, 3.05) is 0 Å². The maximum Gasteiger partial charge on any atom is 0.136 e. The van der Waals surface area contributed by atoms with E-state index >= 15 is 0 Å². The highest BCUT2D eigenvalue weighted by Crippen LogP contribution is 2.36. The average Bonchev–Trinajstić information content (AvgIpc) is 2.56. The zero-order valence-electron chi connectivity index (χ0n) is 7.76. The van der Waals surface area contributed by atoms with Gasteiger partial charge in [0.15, 0.2) is 0 Å². The molecule has 1 aromatic heterocycles. The van der Waals surface area contributed by atoms with Crippen LogP contribution < -0.4 is 0 Å². The lowest BCUT2D eigenvalue weighted by Crippen LogP contribution is -1.98. The average molecular weight is 197 g/mol. The van der Waals surface area contributed by atoms with Crippen LogP contribution >= 0.6 is 11.6 Å². The Morgan fingerprint density at radius 1 is 1.38 bits per heavy atom. The van der Waals surface area contributed by atoms with Crippen LogP contribution in [0.4, 0.5) is 0 Å². The third kappa shape index (κ3) is 1.83. The van der Waals surface area contributed by atoms with Crippen LogP contribution in [0.15, 0.2) is 6.20 Å². The lowest BCUT2D eigenvalue weighted by atomic mass is 10.0. The first-order valence-corrected chi connectivity index (χ1v) is 5.14. The molecule has 0 atom stereocenters. The molecule has 2 nitrogen and oxygen atoms in total. The monoisotopic (exact) mass is 196 g/mol. The summed E-state index contributed by atoms with van der Waals surface area (Å²) in [5.74, 6) is 1.36. The molecule has 0 N–H and O–H groups in total. The van der Waals surface area contributed by atoms with Crippen LogP contribution in [0.5, 0.6) is 0 Å². The molecule has 70 valence electrons. The summed E-state index contributed by atoms with van der Waals surface area (Å²) >= 11 is 6.06. The van der Waals surface area contributed by atoms with E-state index in [-0.39, 0.29) is 0 Å². The van der Waals surface area contributed by atoms with Gasteiger partial charge in [-0.25, -0.2) is 9.97 Å². The van der Waals surface area contributed by atoms with Crippen LogP contribution in [0.1, 0.15) is 43.0 Å². The minimum absolute atomic E-state index is 0.605. The van der Waals surface area contributed by atoms with E-state index in [1.165, 1.54) is 25.7 Å². The van der Waals surface area contributed by atoms with Crippen molar-refractivity contribution >= 4 is 11.6 Å². The molecule has 1 heterocycles. The second-order valence-corrected chi connectivity index (χ2v) is 4.00. The third-order valence-corrected chi connectivity index (χ3v) is 2.99. The molecule has 0 radical (unpaired) electrons. The minimum Gasteiger partial charge on any atom is -0.241 e. The van der Waals surface area contributed by atoms with Crippen LogP contribution in [0.2, 0.25) is 5.15 Å². The van der Waals surface area contributed by atoms with Crippen molar-refractivity contribution in [3.05, 3.63) is 22.7 Å². The molecule has 0 bridgehead atoms. The van der Waals surface area contributed by atoms with E-state index < -0.39 is 0 Å². The van der Waals surface area contributed by atoms with Gasteiger partial charge in [-0.3, -0.25) is 0 Å². The standard InChI is InChI=1S/C10H13ClN2/c1-7-12-6-9(10(11)13-7)8-4-2-3-5-8/h6,8H,2-5H2,1H3. The summed E-state index contributed by atoms with van der Waals surface area (Å²) < 4.78 is 0. The van der Waals surface area contributed by atoms with E-state index in [2.05, 4.69) is 9.97 Å². The SMILES string of the molecule is Cc1ncc(C2CCCC2)c(Cl)n1. The quantitative estimate of drug-likeness (QED) is 0.646. The largest absolute Gasteiger partial charge is 0.241 e. The first-order chi connectivity index (χ1) is 6.27. The van der Waals surface area contributed by atoms with E-state index in [0.717, 1.165) is 11.4 Å². The first kappa shape index (κ1) is 8.95. The summed E-state index contributed by atoms with van der Waals surface area (Å²) in [6.45, 7) is 1.87. The fraction of sp³-hybridized carbons (Fsp3) is 0.600. The molecule has 1 saturated carbocycles. The van der Waals surface area contributed by atoms with Crippen LogP contribution in [-0.4, -0.2) is 9.97 Å². The maximum atomic E-state index is 6.06. The highest BCUT2D eigenvalue weighted by Gasteiger charge is 2.20. The zero-order valence-corrected chi connectivity index (χ0v) is 8.51.